The number of nitrogens with zero attached hydrogens (tertiary/aromatic N) is 1. The van der Waals surface area contributed by atoms with Crippen molar-refractivity contribution in [3.8, 4) is 11.5 Å². The first-order valence-corrected chi connectivity index (χ1v) is 11.3. The fourth-order valence-electron chi connectivity index (χ4n) is 4.52. The third-order valence-electron chi connectivity index (χ3n) is 6.16. The van der Waals surface area contributed by atoms with Gasteiger partial charge in [0.2, 0.25) is 12.7 Å². The monoisotopic (exact) mass is 446 g/mol. The summed E-state index contributed by atoms with van der Waals surface area (Å²) in [5.74, 6) is 0.660. The first-order chi connectivity index (χ1) is 16.2. The average Bonchev–Trinajstić information content (AvgIpc) is 3.55. The number of hydrogen-bond acceptors (Lipinski definition) is 5. The smallest absolute Gasteiger partial charge is 0.294 e. The second-order valence-corrected chi connectivity index (χ2v) is 8.35. The SMILES string of the molecule is O=C(NC1CCCCC1)[C@H](c1ccccc1)N(C(=O)c1ccco1)c1ccc2c(c1)OCO2. The highest BCUT2D eigenvalue weighted by Crippen LogP contribution is 2.39. The van der Waals surface area contributed by atoms with Gasteiger partial charge in [-0.1, -0.05) is 49.6 Å². The van der Waals surface area contributed by atoms with Crippen LogP contribution in [-0.4, -0.2) is 24.6 Å². The minimum Gasteiger partial charge on any atom is -0.459 e. The number of amides is 2. The summed E-state index contributed by atoms with van der Waals surface area (Å²) in [4.78, 5) is 28.9. The highest BCUT2D eigenvalue weighted by atomic mass is 16.7. The highest BCUT2D eigenvalue weighted by Gasteiger charge is 2.36. The van der Waals surface area contributed by atoms with Crippen molar-refractivity contribution in [2.75, 3.05) is 11.7 Å². The Morgan fingerprint density at radius 3 is 2.45 bits per heavy atom. The largest absolute Gasteiger partial charge is 0.459 e. The van der Waals surface area contributed by atoms with Crippen LogP contribution < -0.4 is 19.7 Å². The Morgan fingerprint density at radius 2 is 1.70 bits per heavy atom. The number of carbonyl (C=O) groups is 2. The minimum absolute atomic E-state index is 0.106. The number of nitrogens with one attached hydrogen (secondary N) is 1. The highest BCUT2D eigenvalue weighted by molar-refractivity contribution is 6.08. The van der Waals surface area contributed by atoms with Crippen molar-refractivity contribution in [3.63, 3.8) is 0 Å². The standard InChI is InChI=1S/C26H26N2O5/c29-25(27-19-10-5-2-6-11-19)24(18-8-3-1-4-9-18)28(26(30)22-12-7-15-31-22)20-13-14-21-23(16-20)33-17-32-21/h1,3-4,7-9,12-16,19,24H,2,5-6,10-11,17H2,(H,27,29)/t24-/m0/s1. The van der Waals surface area contributed by atoms with Crippen molar-refractivity contribution >= 4 is 17.5 Å². The van der Waals surface area contributed by atoms with Gasteiger partial charge < -0.3 is 19.2 Å². The Labute approximate surface area is 192 Å². The van der Waals surface area contributed by atoms with Crippen LogP contribution in [-0.2, 0) is 4.79 Å². The van der Waals surface area contributed by atoms with Crippen molar-refractivity contribution < 1.29 is 23.5 Å². The van der Waals surface area contributed by atoms with E-state index in [1.807, 2.05) is 30.3 Å². The number of carbonyl (C=O) groups excluding carboxylic acids is 2. The Balaban J connectivity index is 1.57. The molecule has 7 heteroatoms. The van der Waals surface area contributed by atoms with E-state index in [-0.39, 0.29) is 24.5 Å². The summed E-state index contributed by atoms with van der Waals surface area (Å²) in [7, 11) is 0. The number of ether oxygens (including phenoxy) is 2. The van der Waals surface area contributed by atoms with E-state index in [4.69, 9.17) is 13.9 Å². The predicted molar refractivity (Wildman–Crippen MR) is 122 cm³/mol. The molecule has 7 nitrogen and oxygen atoms in total. The topological polar surface area (TPSA) is 81.0 Å². The molecular weight excluding hydrogens is 420 g/mol. The van der Waals surface area contributed by atoms with Gasteiger partial charge in [-0.05, 0) is 42.7 Å². The second-order valence-electron chi connectivity index (χ2n) is 8.35. The van der Waals surface area contributed by atoms with Crippen molar-refractivity contribution in [3.05, 3.63) is 78.3 Å². The molecule has 3 aromatic rings. The van der Waals surface area contributed by atoms with Crippen molar-refractivity contribution in [1.82, 2.24) is 5.32 Å². The van der Waals surface area contributed by atoms with Gasteiger partial charge in [0.05, 0.1) is 6.26 Å². The van der Waals surface area contributed by atoms with Gasteiger partial charge in [0, 0.05) is 17.8 Å². The Hall–Kier alpha value is -3.74. The predicted octanol–water partition coefficient (Wildman–Crippen LogP) is 4.85. The molecule has 5 rings (SSSR count). The summed E-state index contributed by atoms with van der Waals surface area (Å²) in [5, 5.41) is 3.20. The average molecular weight is 447 g/mol. The van der Waals surface area contributed by atoms with Crippen LogP contribution in [0, 0.1) is 0 Å². The van der Waals surface area contributed by atoms with Crippen LogP contribution >= 0.6 is 0 Å². The summed E-state index contributed by atoms with van der Waals surface area (Å²) >= 11 is 0. The molecule has 1 fully saturated rings. The third-order valence-corrected chi connectivity index (χ3v) is 6.16. The summed E-state index contributed by atoms with van der Waals surface area (Å²) in [6.45, 7) is 0.120. The molecule has 2 aromatic carbocycles. The molecule has 0 bridgehead atoms. The van der Waals surface area contributed by atoms with Gasteiger partial charge >= 0.3 is 0 Å². The molecule has 1 aliphatic heterocycles. The number of furan rings is 1. The third kappa shape index (κ3) is 4.44. The Bertz CT molecular complexity index is 1110. The second kappa shape index (κ2) is 9.40. The molecule has 0 spiro atoms. The van der Waals surface area contributed by atoms with Crippen LogP contribution in [0.15, 0.2) is 71.3 Å². The van der Waals surface area contributed by atoms with Gasteiger partial charge in [-0.2, -0.15) is 0 Å². The maximum atomic E-state index is 13.7. The van der Waals surface area contributed by atoms with E-state index < -0.39 is 11.9 Å². The number of rotatable bonds is 6. The molecule has 33 heavy (non-hydrogen) atoms. The molecule has 170 valence electrons. The van der Waals surface area contributed by atoms with E-state index in [1.54, 1.807) is 30.3 Å². The number of hydrogen-bond donors (Lipinski definition) is 1. The molecule has 1 aliphatic carbocycles. The van der Waals surface area contributed by atoms with Gasteiger partial charge in [-0.15, -0.1) is 0 Å². The normalized spacial score (nSPS) is 16.2. The summed E-state index contributed by atoms with van der Waals surface area (Å²) in [6.07, 6.45) is 6.72. The van der Waals surface area contributed by atoms with Crippen LogP contribution in [0.5, 0.6) is 11.5 Å². The maximum absolute atomic E-state index is 13.7. The molecule has 0 radical (unpaired) electrons. The lowest BCUT2D eigenvalue weighted by Gasteiger charge is -2.33. The maximum Gasteiger partial charge on any atom is 0.294 e. The van der Waals surface area contributed by atoms with Gasteiger partial charge in [0.1, 0.15) is 6.04 Å². The molecule has 1 saturated carbocycles. The van der Waals surface area contributed by atoms with Gasteiger partial charge in [0.15, 0.2) is 17.3 Å². The molecule has 0 unspecified atom stereocenters. The first-order valence-electron chi connectivity index (χ1n) is 11.3. The van der Waals surface area contributed by atoms with E-state index in [0.29, 0.717) is 22.7 Å². The van der Waals surface area contributed by atoms with Crippen molar-refractivity contribution in [2.24, 2.45) is 0 Å². The van der Waals surface area contributed by atoms with Gasteiger partial charge in [-0.3, -0.25) is 14.5 Å². The lowest BCUT2D eigenvalue weighted by molar-refractivity contribution is -0.123. The molecule has 2 amide bonds. The molecule has 1 aromatic heterocycles. The van der Waals surface area contributed by atoms with E-state index in [9.17, 15) is 9.59 Å². The van der Waals surface area contributed by atoms with Crippen LogP contribution in [0.2, 0.25) is 0 Å². The fourth-order valence-corrected chi connectivity index (χ4v) is 4.52. The van der Waals surface area contributed by atoms with Crippen LogP contribution in [0.1, 0.15) is 54.3 Å². The van der Waals surface area contributed by atoms with Crippen molar-refractivity contribution in [2.45, 2.75) is 44.2 Å². The zero-order chi connectivity index (χ0) is 22.6. The zero-order valence-corrected chi connectivity index (χ0v) is 18.2. The van der Waals surface area contributed by atoms with Crippen molar-refractivity contribution in [1.29, 1.82) is 0 Å². The number of anilines is 1. The number of fused-ring (bicyclic) bond motifs is 1. The molecular formula is C26H26N2O5. The molecule has 0 saturated heterocycles. The summed E-state index contributed by atoms with van der Waals surface area (Å²) < 4.78 is 16.4. The summed E-state index contributed by atoms with van der Waals surface area (Å²) in [5.41, 5.74) is 1.23. The first kappa shape index (κ1) is 21.1. The molecule has 1 atom stereocenters. The van der Waals surface area contributed by atoms with Crippen LogP contribution in [0.25, 0.3) is 0 Å². The lowest BCUT2D eigenvalue weighted by atomic mass is 9.94. The molecule has 2 aliphatic rings. The van der Waals surface area contributed by atoms with Crippen LogP contribution in [0.3, 0.4) is 0 Å². The minimum atomic E-state index is -0.883. The fraction of sp³-hybridized carbons (Fsp3) is 0.308. The van der Waals surface area contributed by atoms with E-state index >= 15 is 0 Å². The quantitative estimate of drug-likeness (QED) is 0.586. The number of benzene rings is 2. The molecule has 1 N–H and O–H groups in total. The Kier molecular flexibility index (Phi) is 6.02. The van der Waals surface area contributed by atoms with Gasteiger partial charge in [-0.25, -0.2) is 0 Å². The zero-order valence-electron chi connectivity index (χ0n) is 18.2. The molecule has 2 heterocycles. The summed E-state index contributed by atoms with van der Waals surface area (Å²) in [6, 6.07) is 17.1. The van der Waals surface area contributed by atoms with Crippen LogP contribution in [0.4, 0.5) is 5.69 Å². The lowest BCUT2D eigenvalue weighted by Crippen LogP contribution is -2.47. The van der Waals surface area contributed by atoms with E-state index in [2.05, 4.69) is 5.32 Å². The van der Waals surface area contributed by atoms with E-state index in [0.717, 1.165) is 25.7 Å². The Morgan fingerprint density at radius 1 is 0.909 bits per heavy atom. The van der Waals surface area contributed by atoms with Gasteiger partial charge in [0.25, 0.3) is 5.91 Å². The van der Waals surface area contributed by atoms with E-state index in [1.165, 1.54) is 17.6 Å².